The SMILES string of the molecule is C1=Cc2c(oc3ccc(N(c4ccc(-c5ccccc5)cc4)c4ccc(-c5ccc(-c6ccccc6)cc5)cc4)cc23)CN1. The molecule has 3 heteroatoms. The Balaban J connectivity index is 1.17. The van der Waals surface area contributed by atoms with Crippen molar-refractivity contribution in [2.75, 3.05) is 4.90 Å². The van der Waals surface area contributed by atoms with Gasteiger partial charge in [0.15, 0.2) is 0 Å². The van der Waals surface area contributed by atoms with Gasteiger partial charge in [0.2, 0.25) is 0 Å². The molecule has 1 N–H and O–H groups in total. The summed E-state index contributed by atoms with van der Waals surface area (Å²) in [6.07, 6.45) is 4.10. The second kappa shape index (κ2) is 11.1. The van der Waals surface area contributed by atoms with Crippen LogP contribution < -0.4 is 10.2 Å². The zero-order valence-corrected chi connectivity index (χ0v) is 24.2. The summed E-state index contributed by atoms with van der Waals surface area (Å²) in [6.45, 7) is 0.703. The molecule has 0 unspecified atom stereocenters. The number of hydrogen-bond acceptors (Lipinski definition) is 3. The number of nitrogens with one attached hydrogen (secondary N) is 1. The van der Waals surface area contributed by atoms with E-state index < -0.39 is 0 Å². The molecule has 6 aromatic carbocycles. The predicted molar refractivity (Wildman–Crippen MR) is 183 cm³/mol. The van der Waals surface area contributed by atoms with Crippen molar-refractivity contribution in [1.29, 1.82) is 0 Å². The molecular formula is C41H30N2O. The molecule has 1 aliphatic heterocycles. The molecule has 0 radical (unpaired) electrons. The van der Waals surface area contributed by atoms with Gasteiger partial charge in [-0.2, -0.15) is 0 Å². The largest absolute Gasteiger partial charge is 0.459 e. The van der Waals surface area contributed by atoms with E-state index >= 15 is 0 Å². The molecule has 0 spiro atoms. The van der Waals surface area contributed by atoms with Crippen molar-refractivity contribution in [1.82, 2.24) is 5.32 Å². The Bertz CT molecular complexity index is 2070. The highest BCUT2D eigenvalue weighted by Gasteiger charge is 2.18. The van der Waals surface area contributed by atoms with Crippen molar-refractivity contribution in [2.45, 2.75) is 6.54 Å². The van der Waals surface area contributed by atoms with Crippen LogP contribution in [0.5, 0.6) is 0 Å². The molecule has 0 bridgehead atoms. The number of nitrogens with zero attached hydrogens (tertiary/aromatic N) is 1. The normalized spacial score (nSPS) is 12.1. The molecule has 44 heavy (non-hydrogen) atoms. The van der Waals surface area contributed by atoms with E-state index in [-0.39, 0.29) is 0 Å². The second-order valence-electron chi connectivity index (χ2n) is 11.1. The van der Waals surface area contributed by atoms with Gasteiger partial charge in [-0.3, -0.25) is 0 Å². The topological polar surface area (TPSA) is 28.4 Å². The Morgan fingerprint density at radius 3 is 1.45 bits per heavy atom. The lowest BCUT2D eigenvalue weighted by atomic mass is 10.00. The van der Waals surface area contributed by atoms with Crippen LogP contribution in [0.2, 0.25) is 0 Å². The molecule has 3 nitrogen and oxygen atoms in total. The third-order valence-electron chi connectivity index (χ3n) is 8.36. The minimum absolute atomic E-state index is 0.703. The van der Waals surface area contributed by atoms with Gasteiger partial charge < -0.3 is 14.6 Å². The van der Waals surface area contributed by atoms with Crippen molar-refractivity contribution in [3.8, 4) is 33.4 Å². The molecule has 0 amide bonds. The monoisotopic (exact) mass is 566 g/mol. The first kappa shape index (κ1) is 25.9. The highest BCUT2D eigenvalue weighted by molar-refractivity contribution is 5.93. The van der Waals surface area contributed by atoms with Crippen LogP contribution in [0.3, 0.4) is 0 Å². The smallest absolute Gasteiger partial charge is 0.135 e. The first-order valence-corrected chi connectivity index (χ1v) is 15.0. The number of hydrogen-bond donors (Lipinski definition) is 1. The average Bonchev–Trinajstić information content (AvgIpc) is 3.48. The summed E-state index contributed by atoms with van der Waals surface area (Å²) in [7, 11) is 0. The van der Waals surface area contributed by atoms with E-state index in [4.69, 9.17) is 4.42 Å². The minimum atomic E-state index is 0.703. The summed E-state index contributed by atoms with van der Waals surface area (Å²) >= 11 is 0. The molecule has 0 aliphatic carbocycles. The summed E-state index contributed by atoms with van der Waals surface area (Å²) in [5.74, 6) is 0.973. The quantitative estimate of drug-likeness (QED) is 0.217. The molecule has 7 aromatic rings. The fraction of sp³-hybridized carbons (Fsp3) is 0.0244. The Hall–Kier alpha value is -5.80. The van der Waals surface area contributed by atoms with Crippen molar-refractivity contribution in [2.24, 2.45) is 0 Å². The van der Waals surface area contributed by atoms with E-state index in [2.05, 4.69) is 168 Å². The van der Waals surface area contributed by atoms with Gasteiger partial charge in [0, 0.05) is 28.0 Å². The van der Waals surface area contributed by atoms with Gasteiger partial charge >= 0.3 is 0 Å². The molecule has 210 valence electrons. The fourth-order valence-corrected chi connectivity index (χ4v) is 6.07. The highest BCUT2D eigenvalue weighted by atomic mass is 16.3. The van der Waals surface area contributed by atoms with Gasteiger partial charge in [-0.25, -0.2) is 0 Å². The second-order valence-corrected chi connectivity index (χ2v) is 11.1. The first-order chi connectivity index (χ1) is 21.8. The summed E-state index contributed by atoms with van der Waals surface area (Å²) in [4.78, 5) is 2.32. The first-order valence-electron chi connectivity index (χ1n) is 15.0. The molecule has 2 heterocycles. The Kier molecular flexibility index (Phi) is 6.54. The van der Waals surface area contributed by atoms with E-state index in [0.29, 0.717) is 6.54 Å². The Labute approximate surface area is 257 Å². The van der Waals surface area contributed by atoms with E-state index in [1.807, 2.05) is 6.20 Å². The Morgan fingerprint density at radius 2 is 0.932 bits per heavy atom. The van der Waals surface area contributed by atoms with Crippen LogP contribution in [0.4, 0.5) is 17.1 Å². The van der Waals surface area contributed by atoms with Gasteiger partial charge in [0.1, 0.15) is 11.3 Å². The maximum atomic E-state index is 6.17. The van der Waals surface area contributed by atoms with Crippen LogP contribution in [0.25, 0.3) is 50.4 Å². The summed E-state index contributed by atoms with van der Waals surface area (Å²) in [6, 6.07) is 54.0. The number of benzene rings is 6. The van der Waals surface area contributed by atoms with Crippen LogP contribution in [0, 0.1) is 0 Å². The third kappa shape index (κ3) is 4.85. The van der Waals surface area contributed by atoms with Gasteiger partial charge in [0.05, 0.1) is 6.54 Å². The molecule has 1 aliphatic rings. The number of furan rings is 1. The van der Waals surface area contributed by atoms with E-state index in [1.54, 1.807) is 0 Å². The number of fused-ring (bicyclic) bond motifs is 3. The van der Waals surface area contributed by atoms with Crippen LogP contribution in [-0.2, 0) is 6.54 Å². The van der Waals surface area contributed by atoms with Crippen molar-refractivity contribution in [3.63, 3.8) is 0 Å². The molecule has 8 rings (SSSR count). The summed E-state index contributed by atoms with van der Waals surface area (Å²) in [5.41, 5.74) is 12.6. The zero-order valence-electron chi connectivity index (χ0n) is 24.2. The molecule has 0 fully saturated rings. The molecule has 0 saturated carbocycles. The highest BCUT2D eigenvalue weighted by Crippen LogP contribution is 2.40. The summed E-state index contributed by atoms with van der Waals surface area (Å²) < 4.78 is 6.17. The Morgan fingerprint density at radius 1 is 0.477 bits per heavy atom. The van der Waals surface area contributed by atoms with E-state index in [9.17, 15) is 0 Å². The van der Waals surface area contributed by atoms with E-state index in [1.165, 1.54) is 33.4 Å². The van der Waals surface area contributed by atoms with Crippen LogP contribution in [-0.4, -0.2) is 0 Å². The molecule has 0 atom stereocenters. The molecular weight excluding hydrogens is 536 g/mol. The van der Waals surface area contributed by atoms with Gasteiger partial charge in [-0.1, -0.05) is 109 Å². The third-order valence-corrected chi connectivity index (χ3v) is 8.36. The molecule has 0 saturated heterocycles. The number of rotatable bonds is 6. The van der Waals surface area contributed by atoms with Gasteiger partial charge in [-0.05, 0) is 88.1 Å². The van der Waals surface area contributed by atoms with Gasteiger partial charge in [0.25, 0.3) is 0 Å². The van der Waals surface area contributed by atoms with Gasteiger partial charge in [-0.15, -0.1) is 0 Å². The van der Waals surface area contributed by atoms with E-state index in [0.717, 1.165) is 39.4 Å². The maximum Gasteiger partial charge on any atom is 0.135 e. The lowest BCUT2D eigenvalue weighted by Gasteiger charge is -2.26. The van der Waals surface area contributed by atoms with Crippen molar-refractivity contribution in [3.05, 3.63) is 169 Å². The summed E-state index contributed by atoms with van der Waals surface area (Å²) in [5, 5.41) is 4.38. The average molecular weight is 567 g/mol. The minimum Gasteiger partial charge on any atom is -0.459 e. The number of anilines is 3. The fourth-order valence-electron chi connectivity index (χ4n) is 6.07. The standard InChI is InChI=1S/C41H30N2O/c1-3-7-29(8-4-1)31-11-13-32(14-12-31)34-17-21-36(22-18-34)43(35-19-15-33(16-20-35)30-9-5-2-6-10-30)37-23-24-40-39(27-37)38-25-26-42-28-41(38)44-40/h1-27,42H,28H2. The van der Waals surface area contributed by atoms with Crippen LogP contribution in [0.1, 0.15) is 11.3 Å². The lowest BCUT2D eigenvalue weighted by molar-refractivity contribution is 0.532. The zero-order chi connectivity index (χ0) is 29.3. The molecule has 1 aromatic heterocycles. The van der Waals surface area contributed by atoms with Crippen LogP contribution >= 0.6 is 0 Å². The van der Waals surface area contributed by atoms with Crippen molar-refractivity contribution >= 4 is 34.1 Å². The van der Waals surface area contributed by atoms with Crippen molar-refractivity contribution < 1.29 is 4.42 Å². The maximum absolute atomic E-state index is 6.17. The van der Waals surface area contributed by atoms with Crippen LogP contribution in [0.15, 0.2) is 162 Å². The predicted octanol–water partition coefficient (Wildman–Crippen LogP) is 11.0. The lowest BCUT2D eigenvalue weighted by Crippen LogP contribution is -2.10.